The zero-order valence-corrected chi connectivity index (χ0v) is 10.4. The first-order chi connectivity index (χ1) is 7.83. The number of hydrogen-bond acceptors (Lipinski definition) is 4. The molecule has 0 aromatic carbocycles. The molecule has 86 valence electrons. The predicted molar refractivity (Wildman–Crippen MR) is 68.0 cm³/mol. The number of nitrogens with zero attached hydrogens (tertiary/aromatic N) is 2. The number of aryl methyl sites for hydroxylation is 1. The highest BCUT2D eigenvalue weighted by atomic mass is 32.2. The average molecular weight is 235 g/mol. The summed E-state index contributed by atoms with van der Waals surface area (Å²) in [5.41, 5.74) is 2.62. The lowest BCUT2D eigenvalue weighted by Crippen LogP contribution is -2.19. The highest BCUT2D eigenvalue weighted by Crippen LogP contribution is 2.47. The van der Waals surface area contributed by atoms with Gasteiger partial charge in [-0.3, -0.25) is 0 Å². The summed E-state index contributed by atoms with van der Waals surface area (Å²) >= 11 is 1.98. The van der Waals surface area contributed by atoms with Gasteiger partial charge in [0.05, 0.1) is 0 Å². The first-order valence-electron chi connectivity index (χ1n) is 5.95. The van der Waals surface area contributed by atoms with Crippen molar-refractivity contribution in [1.29, 1.82) is 0 Å². The highest BCUT2D eigenvalue weighted by molar-refractivity contribution is 8.00. The Balaban J connectivity index is 1.73. The molecule has 1 N–H and O–H groups in total. The van der Waals surface area contributed by atoms with Crippen LogP contribution < -0.4 is 5.32 Å². The molecule has 0 amide bonds. The fourth-order valence-corrected chi connectivity index (χ4v) is 3.08. The Morgan fingerprint density at radius 1 is 1.38 bits per heavy atom. The van der Waals surface area contributed by atoms with E-state index in [4.69, 9.17) is 0 Å². The van der Waals surface area contributed by atoms with Crippen LogP contribution in [0.15, 0.2) is 6.33 Å². The third-order valence-corrected chi connectivity index (χ3v) is 5.11. The maximum atomic E-state index is 4.38. The molecular weight excluding hydrogens is 218 g/mol. The molecule has 1 aromatic heterocycles. The van der Waals surface area contributed by atoms with Crippen LogP contribution in [0.2, 0.25) is 0 Å². The number of anilines is 1. The molecule has 3 nitrogen and oxygen atoms in total. The normalized spacial score (nSPS) is 20.6. The van der Waals surface area contributed by atoms with Crippen LogP contribution in [0.25, 0.3) is 0 Å². The molecule has 3 rings (SSSR count). The van der Waals surface area contributed by atoms with E-state index in [2.05, 4.69) is 21.5 Å². The van der Waals surface area contributed by atoms with E-state index in [1.807, 2.05) is 11.8 Å². The summed E-state index contributed by atoms with van der Waals surface area (Å²) in [5, 5.41) is 3.53. The van der Waals surface area contributed by atoms with E-state index in [0.717, 1.165) is 25.2 Å². The van der Waals surface area contributed by atoms with Crippen LogP contribution in [-0.2, 0) is 12.8 Å². The van der Waals surface area contributed by atoms with Crippen LogP contribution in [0.5, 0.6) is 0 Å². The third-order valence-electron chi connectivity index (χ3n) is 3.69. The quantitative estimate of drug-likeness (QED) is 0.869. The van der Waals surface area contributed by atoms with E-state index in [0.29, 0.717) is 4.75 Å². The summed E-state index contributed by atoms with van der Waals surface area (Å²) in [6, 6.07) is 0. The lowest BCUT2D eigenvalue weighted by molar-refractivity contribution is 0.898. The minimum Gasteiger partial charge on any atom is -0.368 e. The van der Waals surface area contributed by atoms with Gasteiger partial charge in [-0.2, -0.15) is 11.8 Å². The number of nitrogens with one attached hydrogen (secondary N) is 1. The Hall–Kier alpha value is -0.770. The molecule has 4 heteroatoms. The smallest absolute Gasteiger partial charge is 0.132 e. The fourth-order valence-electron chi connectivity index (χ4n) is 2.35. The Labute approximate surface area is 100 Å². The van der Waals surface area contributed by atoms with Gasteiger partial charge in [-0.15, -0.1) is 0 Å². The zero-order valence-electron chi connectivity index (χ0n) is 9.62. The number of aromatic nitrogens is 2. The van der Waals surface area contributed by atoms with Gasteiger partial charge >= 0.3 is 0 Å². The molecule has 1 fully saturated rings. The van der Waals surface area contributed by atoms with Crippen molar-refractivity contribution in [1.82, 2.24) is 9.97 Å². The van der Waals surface area contributed by atoms with Crippen molar-refractivity contribution >= 4 is 17.6 Å². The summed E-state index contributed by atoms with van der Waals surface area (Å²) in [5.74, 6) is 1.09. The van der Waals surface area contributed by atoms with Gasteiger partial charge < -0.3 is 5.32 Å². The van der Waals surface area contributed by atoms with Gasteiger partial charge in [-0.05, 0) is 38.4 Å². The zero-order chi connectivity index (χ0) is 11.0. The lowest BCUT2D eigenvalue weighted by atomic mass is 10.2. The van der Waals surface area contributed by atoms with Crippen LogP contribution in [0.1, 0.15) is 30.5 Å². The van der Waals surface area contributed by atoms with Gasteiger partial charge in [-0.1, -0.05) is 0 Å². The molecule has 0 unspecified atom stereocenters. The summed E-state index contributed by atoms with van der Waals surface area (Å²) in [4.78, 5) is 8.73. The van der Waals surface area contributed by atoms with Gasteiger partial charge in [-0.25, -0.2) is 9.97 Å². The topological polar surface area (TPSA) is 37.8 Å². The fraction of sp³-hybridized carbons (Fsp3) is 0.667. The van der Waals surface area contributed by atoms with E-state index < -0.39 is 0 Å². The molecule has 2 aliphatic rings. The van der Waals surface area contributed by atoms with E-state index in [1.54, 1.807) is 6.33 Å². The molecular formula is C12H17N3S. The Morgan fingerprint density at radius 2 is 2.25 bits per heavy atom. The minimum absolute atomic E-state index is 0.496. The lowest BCUT2D eigenvalue weighted by Gasteiger charge is -2.15. The van der Waals surface area contributed by atoms with Gasteiger partial charge in [0.1, 0.15) is 12.1 Å². The highest BCUT2D eigenvalue weighted by Gasteiger charge is 2.41. The van der Waals surface area contributed by atoms with Gasteiger partial charge in [0.2, 0.25) is 0 Å². The van der Waals surface area contributed by atoms with Crippen molar-refractivity contribution in [2.75, 3.05) is 18.1 Å². The molecule has 0 aliphatic heterocycles. The Bertz CT molecular complexity index is 401. The predicted octanol–water partition coefficient (Wildman–Crippen LogP) is 2.27. The molecule has 0 saturated heterocycles. The standard InChI is InChI=1S/C12H17N3S/c1-16-12(5-6-12)7-13-11-9-3-2-4-10(9)14-8-15-11/h8H,2-7H2,1H3,(H,13,14,15). The van der Waals surface area contributed by atoms with Crippen LogP contribution in [0.3, 0.4) is 0 Å². The number of fused-ring (bicyclic) bond motifs is 1. The molecule has 0 bridgehead atoms. The molecule has 0 atom stereocenters. The SMILES string of the molecule is CSC1(CNc2ncnc3c2CCC3)CC1. The largest absolute Gasteiger partial charge is 0.368 e. The van der Waals surface area contributed by atoms with Gasteiger partial charge in [0, 0.05) is 22.5 Å². The second-order valence-electron chi connectivity index (χ2n) is 4.74. The average Bonchev–Trinajstić information content (AvgIpc) is 2.94. The molecule has 1 heterocycles. The monoisotopic (exact) mass is 235 g/mol. The first-order valence-corrected chi connectivity index (χ1v) is 7.17. The van der Waals surface area contributed by atoms with E-state index >= 15 is 0 Å². The first kappa shape index (κ1) is 10.4. The molecule has 0 radical (unpaired) electrons. The molecule has 2 aliphatic carbocycles. The van der Waals surface area contributed by atoms with Crippen molar-refractivity contribution in [3.05, 3.63) is 17.6 Å². The van der Waals surface area contributed by atoms with Crippen molar-refractivity contribution in [2.45, 2.75) is 36.9 Å². The van der Waals surface area contributed by atoms with Crippen molar-refractivity contribution < 1.29 is 0 Å². The summed E-state index contributed by atoms with van der Waals surface area (Å²) in [6.07, 6.45) is 10.1. The Kier molecular flexibility index (Phi) is 2.54. The summed E-state index contributed by atoms with van der Waals surface area (Å²) < 4.78 is 0.496. The van der Waals surface area contributed by atoms with E-state index in [-0.39, 0.29) is 0 Å². The van der Waals surface area contributed by atoms with Crippen molar-refractivity contribution in [3.8, 4) is 0 Å². The number of thioether (sulfide) groups is 1. The Morgan fingerprint density at radius 3 is 3.00 bits per heavy atom. The minimum atomic E-state index is 0.496. The van der Waals surface area contributed by atoms with E-state index in [9.17, 15) is 0 Å². The molecule has 1 aromatic rings. The van der Waals surface area contributed by atoms with Crippen LogP contribution in [0.4, 0.5) is 5.82 Å². The molecule has 16 heavy (non-hydrogen) atoms. The summed E-state index contributed by atoms with van der Waals surface area (Å²) in [7, 11) is 0. The number of rotatable bonds is 4. The maximum Gasteiger partial charge on any atom is 0.132 e. The maximum absolute atomic E-state index is 4.38. The van der Waals surface area contributed by atoms with Crippen molar-refractivity contribution in [3.63, 3.8) is 0 Å². The second kappa shape index (κ2) is 3.91. The summed E-state index contributed by atoms with van der Waals surface area (Å²) in [6.45, 7) is 1.05. The van der Waals surface area contributed by atoms with Gasteiger partial charge in [0.25, 0.3) is 0 Å². The van der Waals surface area contributed by atoms with Gasteiger partial charge in [0.15, 0.2) is 0 Å². The van der Waals surface area contributed by atoms with Crippen LogP contribution >= 0.6 is 11.8 Å². The molecule has 0 spiro atoms. The number of hydrogen-bond donors (Lipinski definition) is 1. The molecule has 1 saturated carbocycles. The van der Waals surface area contributed by atoms with Crippen LogP contribution in [-0.4, -0.2) is 27.5 Å². The third kappa shape index (κ3) is 1.79. The van der Waals surface area contributed by atoms with Crippen LogP contribution in [0, 0.1) is 0 Å². The van der Waals surface area contributed by atoms with E-state index in [1.165, 1.54) is 30.5 Å². The second-order valence-corrected chi connectivity index (χ2v) is 6.02. The van der Waals surface area contributed by atoms with Crippen molar-refractivity contribution in [2.24, 2.45) is 0 Å².